The average molecular weight is 291 g/mol. The smallest absolute Gasteiger partial charge is 0.220 e. The molecule has 1 N–H and O–H groups in total. The van der Waals surface area contributed by atoms with Crippen molar-refractivity contribution >= 4 is 18.5 Å². The maximum atomic E-state index is 11.4. The van der Waals surface area contributed by atoms with Crippen LogP contribution in [0, 0.1) is 0 Å². The Morgan fingerprint density at radius 1 is 1.30 bits per heavy atom. The van der Waals surface area contributed by atoms with Crippen LogP contribution in [-0.2, 0) is 11.3 Å². The van der Waals surface area contributed by atoms with Crippen molar-refractivity contribution < 1.29 is 4.79 Å². The van der Waals surface area contributed by atoms with Crippen molar-refractivity contribution in [3.8, 4) is 11.4 Å². The Labute approximate surface area is 123 Å². The average Bonchev–Trinajstić information content (AvgIpc) is 2.95. The van der Waals surface area contributed by atoms with Gasteiger partial charge in [0.05, 0.1) is 6.54 Å². The van der Waals surface area contributed by atoms with Gasteiger partial charge in [-0.15, -0.1) is 10.2 Å². The zero-order valence-corrected chi connectivity index (χ0v) is 12.0. The van der Waals surface area contributed by atoms with Gasteiger partial charge in [-0.2, -0.15) is 17.4 Å². The summed E-state index contributed by atoms with van der Waals surface area (Å²) in [5.41, 5.74) is 0.935. The molecule has 0 unspecified atom stereocenters. The predicted octanol–water partition coefficient (Wildman–Crippen LogP) is 1.17. The van der Waals surface area contributed by atoms with Crippen LogP contribution in [0.4, 0.5) is 0 Å². The number of thiol groups is 1. The molecule has 0 aliphatic heterocycles. The third-order valence-corrected chi connectivity index (χ3v) is 2.90. The molecule has 7 heteroatoms. The van der Waals surface area contributed by atoms with Crippen molar-refractivity contribution in [3.63, 3.8) is 0 Å². The lowest BCUT2D eigenvalue weighted by Crippen LogP contribution is -2.25. The molecule has 1 aromatic heterocycles. The second-order valence-electron chi connectivity index (χ2n) is 4.25. The monoisotopic (exact) mass is 291 g/mol. The molecule has 1 aromatic carbocycles. The van der Waals surface area contributed by atoms with Gasteiger partial charge in [0.2, 0.25) is 11.7 Å². The van der Waals surface area contributed by atoms with Gasteiger partial charge in [-0.05, 0) is 11.6 Å². The summed E-state index contributed by atoms with van der Waals surface area (Å²) in [5.74, 6) is 1.28. The number of carbonyl (C=O) groups is 1. The molecule has 6 nitrogen and oxygen atoms in total. The Morgan fingerprint density at radius 3 is 2.85 bits per heavy atom. The second kappa shape index (κ2) is 7.64. The molecule has 0 aliphatic rings. The van der Waals surface area contributed by atoms with Crippen LogP contribution in [0.25, 0.3) is 11.4 Å². The topological polar surface area (TPSA) is 72.7 Å². The van der Waals surface area contributed by atoms with Crippen molar-refractivity contribution in [3.05, 3.63) is 30.3 Å². The Kier molecular flexibility index (Phi) is 5.55. The van der Waals surface area contributed by atoms with Crippen LogP contribution in [0.1, 0.15) is 12.8 Å². The van der Waals surface area contributed by atoms with Crippen molar-refractivity contribution in [2.24, 2.45) is 0 Å². The van der Waals surface area contributed by atoms with E-state index in [-0.39, 0.29) is 5.91 Å². The number of amides is 1. The molecule has 0 fully saturated rings. The number of benzene rings is 1. The molecule has 106 valence electrons. The number of rotatable bonds is 7. The molecule has 0 saturated heterocycles. The lowest BCUT2D eigenvalue weighted by Gasteiger charge is -2.02. The van der Waals surface area contributed by atoms with Gasteiger partial charge < -0.3 is 5.32 Å². The number of nitrogens with one attached hydrogen (secondary N) is 1. The summed E-state index contributed by atoms with van der Waals surface area (Å²) >= 11 is 4.03. The third kappa shape index (κ3) is 4.34. The highest BCUT2D eigenvalue weighted by Gasteiger charge is 2.06. The van der Waals surface area contributed by atoms with E-state index in [1.54, 1.807) is 0 Å². The van der Waals surface area contributed by atoms with Gasteiger partial charge in [0.25, 0.3) is 0 Å². The molecule has 20 heavy (non-hydrogen) atoms. The molecular formula is C13H17N5OS. The first-order valence-corrected chi connectivity index (χ1v) is 7.13. The minimum absolute atomic E-state index is 0.0300. The molecule has 0 atom stereocenters. The number of aromatic nitrogens is 4. The Morgan fingerprint density at radius 2 is 2.10 bits per heavy atom. The highest BCUT2D eigenvalue weighted by atomic mass is 32.1. The van der Waals surface area contributed by atoms with Crippen LogP contribution in [0.5, 0.6) is 0 Å². The fraction of sp³-hybridized carbons (Fsp3) is 0.385. The highest BCUT2D eigenvalue weighted by molar-refractivity contribution is 7.80. The molecule has 1 amide bonds. The van der Waals surface area contributed by atoms with Crippen molar-refractivity contribution in [2.75, 3.05) is 12.3 Å². The third-order valence-electron chi connectivity index (χ3n) is 2.68. The lowest BCUT2D eigenvalue weighted by atomic mass is 10.2. The standard InChI is InChI=1S/C13H17N5OS/c19-12(14-8-10-20)7-4-9-18-16-13(15-17-18)11-5-2-1-3-6-11/h1-3,5-6,20H,4,7-10H2,(H,14,19). The highest BCUT2D eigenvalue weighted by Crippen LogP contribution is 2.11. The molecule has 2 rings (SSSR count). The maximum Gasteiger partial charge on any atom is 0.220 e. The fourth-order valence-electron chi connectivity index (χ4n) is 1.71. The summed E-state index contributed by atoms with van der Waals surface area (Å²) < 4.78 is 0. The summed E-state index contributed by atoms with van der Waals surface area (Å²) in [6.07, 6.45) is 1.14. The van der Waals surface area contributed by atoms with E-state index in [1.807, 2.05) is 30.3 Å². The first-order valence-electron chi connectivity index (χ1n) is 6.50. The zero-order chi connectivity index (χ0) is 14.2. The molecule has 0 spiro atoms. The molecule has 0 aliphatic carbocycles. The summed E-state index contributed by atoms with van der Waals surface area (Å²) in [5, 5.41) is 15.0. The van der Waals surface area contributed by atoms with E-state index in [0.717, 1.165) is 5.56 Å². The van der Waals surface area contributed by atoms with E-state index in [1.165, 1.54) is 4.80 Å². The van der Waals surface area contributed by atoms with Crippen molar-refractivity contribution in [2.45, 2.75) is 19.4 Å². The summed E-state index contributed by atoms with van der Waals surface area (Å²) in [4.78, 5) is 12.9. The van der Waals surface area contributed by atoms with E-state index >= 15 is 0 Å². The van der Waals surface area contributed by atoms with Gasteiger partial charge in [-0.3, -0.25) is 4.79 Å². The van der Waals surface area contributed by atoms with E-state index in [2.05, 4.69) is 33.4 Å². The number of aryl methyl sites for hydroxylation is 1. The van der Waals surface area contributed by atoms with E-state index in [0.29, 0.717) is 37.5 Å². The fourth-order valence-corrected chi connectivity index (χ4v) is 1.82. The minimum atomic E-state index is 0.0300. The SMILES string of the molecule is O=C(CCCn1nnc(-c2ccccc2)n1)NCCS. The number of carbonyl (C=O) groups excluding carboxylic acids is 1. The second-order valence-corrected chi connectivity index (χ2v) is 4.70. The first-order chi connectivity index (χ1) is 9.79. The van der Waals surface area contributed by atoms with Gasteiger partial charge in [0.15, 0.2) is 0 Å². The maximum absolute atomic E-state index is 11.4. The molecule has 2 aromatic rings. The molecule has 0 bridgehead atoms. The van der Waals surface area contributed by atoms with Crippen LogP contribution in [0.2, 0.25) is 0 Å². The van der Waals surface area contributed by atoms with E-state index < -0.39 is 0 Å². The number of nitrogens with zero attached hydrogens (tertiary/aromatic N) is 4. The first kappa shape index (κ1) is 14.5. The van der Waals surface area contributed by atoms with Crippen molar-refractivity contribution in [1.29, 1.82) is 0 Å². The van der Waals surface area contributed by atoms with Gasteiger partial charge in [-0.25, -0.2) is 0 Å². The summed E-state index contributed by atoms with van der Waals surface area (Å²) in [7, 11) is 0. The lowest BCUT2D eigenvalue weighted by molar-refractivity contribution is -0.121. The van der Waals surface area contributed by atoms with Crippen LogP contribution in [-0.4, -0.2) is 38.4 Å². The van der Waals surface area contributed by atoms with Crippen LogP contribution < -0.4 is 5.32 Å². The van der Waals surface area contributed by atoms with Crippen molar-refractivity contribution in [1.82, 2.24) is 25.5 Å². The number of hydrogen-bond acceptors (Lipinski definition) is 5. The minimum Gasteiger partial charge on any atom is -0.355 e. The molecule has 0 saturated carbocycles. The van der Waals surface area contributed by atoms with Crippen LogP contribution >= 0.6 is 12.6 Å². The van der Waals surface area contributed by atoms with Crippen LogP contribution in [0.15, 0.2) is 30.3 Å². The van der Waals surface area contributed by atoms with Crippen LogP contribution in [0.3, 0.4) is 0 Å². The largest absolute Gasteiger partial charge is 0.355 e. The quantitative estimate of drug-likeness (QED) is 0.751. The van der Waals surface area contributed by atoms with Gasteiger partial charge in [0, 0.05) is 24.3 Å². The molecular weight excluding hydrogens is 274 g/mol. The summed E-state index contributed by atoms with van der Waals surface area (Å²) in [6, 6.07) is 9.68. The Bertz CT molecular complexity index is 543. The van der Waals surface area contributed by atoms with E-state index in [4.69, 9.17) is 0 Å². The normalized spacial score (nSPS) is 10.4. The summed E-state index contributed by atoms with van der Waals surface area (Å²) in [6.45, 7) is 1.18. The van der Waals surface area contributed by atoms with Gasteiger partial charge >= 0.3 is 0 Å². The number of tetrazole rings is 1. The zero-order valence-electron chi connectivity index (χ0n) is 11.1. The molecule has 0 radical (unpaired) electrons. The Hall–Kier alpha value is -1.89. The van der Waals surface area contributed by atoms with Gasteiger partial charge in [-0.1, -0.05) is 30.3 Å². The van der Waals surface area contributed by atoms with E-state index in [9.17, 15) is 4.79 Å². The number of hydrogen-bond donors (Lipinski definition) is 2. The molecule has 1 heterocycles. The predicted molar refractivity (Wildman–Crippen MR) is 79.3 cm³/mol. The van der Waals surface area contributed by atoms with Gasteiger partial charge in [0.1, 0.15) is 0 Å². The Balaban J connectivity index is 1.80.